The Hall–Kier alpha value is -3.39. The monoisotopic (exact) mass is 774 g/mol. The second-order valence-electron chi connectivity index (χ2n) is 9.94. The molecule has 1 radical (unpaired) electrons. The van der Waals surface area contributed by atoms with E-state index < -0.39 is 67.7 Å². The molecule has 0 heterocycles. The van der Waals surface area contributed by atoms with Crippen molar-refractivity contribution in [3.8, 4) is 0 Å². The van der Waals surface area contributed by atoms with Crippen LogP contribution in [0.2, 0.25) is 0 Å². The van der Waals surface area contributed by atoms with Crippen molar-refractivity contribution in [2.75, 3.05) is 5.73 Å². The molecule has 1 unspecified atom stereocenters. The third-order valence-corrected chi connectivity index (χ3v) is 11.3. The van der Waals surface area contributed by atoms with Crippen LogP contribution in [-0.2, 0) is 34.1 Å². The molecule has 4 rings (SSSR count). The predicted octanol–water partition coefficient (Wildman–Crippen LogP) is 1.43. The molecule has 1 atom stereocenters. The Morgan fingerprint density at radius 2 is 1.19 bits per heavy atom. The van der Waals surface area contributed by atoms with E-state index in [1.165, 1.54) is 24.3 Å². The van der Waals surface area contributed by atoms with Crippen LogP contribution in [0.25, 0.3) is 18.2 Å². The number of rotatable bonds is 7. The Balaban J connectivity index is 0.000000299. The van der Waals surface area contributed by atoms with E-state index in [4.69, 9.17) is 29.1 Å². The summed E-state index contributed by atoms with van der Waals surface area (Å²) in [6.45, 7) is 0. The summed E-state index contributed by atoms with van der Waals surface area (Å²) >= 11 is -3.44. The van der Waals surface area contributed by atoms with Gasteiger partial charge in [0, 0.05) is 12.3 Å². The average molecular weight is 775 g/mol. The molecule has 1 aliphatic rings. The molecule has 0 fully saturated rings. The molecule has 0 bridgehead atoms. The van der Waals surface area contributed by atoms with Crippen LogP contribution in [0.3, 0.4) is 0 Å². The summed E-state index contributed by atoms with van der Waals surface area (Å²) in [6.07, 6.45) is 7.56. The van der Waals surface area contributed by atoms with Crippen molar-refractivity contribution < 1.29 is 50.8 Å². The molecule has 0 spiro atoms. The van der Waals surface area contributed by atoms with Crippen LogP contribution in [0.4, 0.5) is 5.69 Å². The van der Waals surface area contributed by atoms with Gasteiger partial charge in [0.15, 0.2) is 0 Å². The van der Waals surface area contributed by atoms with Crippen molar-refractivity contribution in [1.82, 2.24) is 0 Å². The molecule has 0 saturated heterocycles. The summed E-state index contributed by atoms with van der Waals surface area (Å²) in [5, 5.41) is 0. The number of nitrogens with two attached hydrogens (primary N) is 3. The molecule has 0 saturated carbocycles. The molecule has 15 nitrogen and oxygen atoms in total. The number of benzene rings is 3. The van der Waals surface area contributed by atoms with Gasteiger partial charge in [-0.2, -0.15) is 25.3 Å². The fourth-order valence-corrected chi connectivity index (χ4v) is 8.17. The summed E-state index contributed by atoms with van der Waals surface area (Å²) in [7, 11) is -14.9. The topological polar surface area (TPSA) is 299 Å². The van der Waals surface area contributed by atoms with Gasteiger partial charge in [0.1, 0.15) is 4.90 Å². The van der Waals surface area contributed by atoms with Gasteiger partial charge < -0.3 is 17.2 Å². The average Bonchev–Trinajstić information content (AvgIpc) is 2.94. The Morgan fingerprint density at radius 3 is 1.64 bits per heavy atom. The fraction of sp³-hybridized carbons (Fsp3) is 0.143. The first kappa shape index (κ1) is 39.8. The Morgan fingerprint density at radius 1 is 0.723 bits per heavy atom. The molecular weight excluding hydrogens is 741 g/mol. The number of allylic oxidation sites excluding steroid dienone is 2. The summed E-state index contributed by atoms with van der Waals surface area (Å²) in [5.74, 6) is -1.39. The number of nitrogen functional groups attached to an aromatic ring is 1. The molecule has 0 aliphatic heterocycles. The normalized spacial score (nSPS) is 17.3. The van der Waals surface area contributed by atoms with E-state index in [-0.39, 0.29) is 10.6 Å². The van der Waals surface area contributed by atoms with Crippen LogP contribution in [0.1, 0.15) is 23.1 Å². The maximum atomic E-state index is 11.9. The molecule has 47 heavy (non-hydrogen) atoms. The summed E-state index contributed by atoms with van der Waals surface area (Å²) < 4.78 is 119. The standard InChI is InChI=1S/C14H18N2O6S2.C14H13NO3S.AsH2O3/c15-13(16)9-8-12(7-6-11-4-2-1-3-5-11)14(10-13,23(17,18)19)24(20,21)22;15-13-8-4-7-12(14(13)19(16,17)18)10-9-11-5-2-1-3-6-11;2-1(3)4/h1-9,12H,10,15-16H2,(H,17,18,19)(H,20,21,22);1-10H,15H2,(H,16,17,18);(H2,2,3,4). The first-order chi connectivity index (χ1) is 21.6. The van der Waals surface area contributed by atoms with Gasteiger partial charge >= 0.3 is 27.2 Å². The van der Waals surface area contributed by atoms with E-state index in [9.17, 15) is 38.9 Å². The Kier molecular flexibility index (Phi) is 13.7. The Bertz CT molecular complexity index is 1930. The zero-order valence-corrected chi connectivity index (χ0v) is 28.6. The van der Waals surface area contributed by atoms with Crippen molar-refractivity contribution in [3.05, 3.63) is 114 Å². The Labute approximate surface area is 277 Å². The van der Waals surface area contributed by atoms with Gasteiger partial charge in [0.05, 0.1) is 11.4 Å². The van der Waals surface area contributed by atoms with Crippen LogP contribution in [-0.4, -0.2) is 72.1 Å². The van der Waals surface area contributed by atoms with Crippen molar-refractivity contribution in [2.24, 2.45) is 17.4 Å². The van der Waals surface area contributed by atoms with E-state index in [1.54, 1.807) is 54.6 Å². The summed E-state index contributed by atoms with van der Waals surface area (Å²) in [5.41, 5.74) is 17.0. The fourth-order valence-electron chi connectivity index (χ4n) is 4.43. The maximum absolute atomic E-state index is 11.9. The number of anilines is 1. The molecule has 11 N–H and O–H groups in total. The van der Waals surface area contributed by atoms with E-state index in [0.717, 1.165) is 11.6 Å². The minimum atomic E-state index is -5.27. The molecular formula is C28H33AsN3O12S3. The third-order valence-electron chi connectivity index (χ3n) is 6.43. The van der Waals surface area contributed by atoms with Gasteiger partial charge in [0.2, 0.25) is 4.08 Å². The molecule has 3 aromatic carbocycles. The molecule has 3 aromatic rings. The molecule has 255 valence electrons. The first-order valence-electron chi connectivity index (χ1n) is 13.0. The van der Waals surface area contributed by atoms with Gasteiger partial charge in [0.25, 0.3) is 30.4 Å². The van der Waals surface area contributed by atoms with Gasteiger partial charge in [-0.25, -0.2) is 0 Å². The van der Waals surface area contributed by atoms with Crippen LogP contribution in [0.15, 0.2) is 102 Å². The van der Waals surface area contributed by atoms with Crippen molar-refractivity contribution in [1.29, 1.82) is 0 Å². The van der Waals surface area contributed by atoms with Crippen molar-refractivity contribution >= 4 is 69.5 Å². The minimum absolute atomic E-state index is 0.0257. The predicted molar refractivity (Wildman–Crippen MR) is 177 cm³/mol. The van der Waals surface area contributed by atoms with Crippen LogP contribution in [0.5, 0.6) is 0 Å². The zero-order chi connectivity index (χ0) is 35.7. The van der Waals surface area contributed by atoms with Gasteiger partial charge in [-0.3, -0.25) is 13.7 Å². The zero-order valence-electron chi connectivity index (χ0n) is 24.3. The molecule has 0 aromatic heterocycles. The summed E-state index contributed by atoms with van der Waals surface area (Å²) in [4.78, 5) is -0.262. The second kappa shape index (κ2) is 16.1. The van der Waals surface area contributed by atoms with Crippen molar-refractivity contribution in [3.63, 3.8) is 0 Å². The molecule has 19 heteroatoms. The van der Waals surface area contributed by atoms with Crippen LogP contribution in [0, 0.1) is 5.92 Å². The number of hydrogen-bond donors (Lipinski definition) is 8. The molecule has 0 amide bonds. The van der Waals surface area contributed by atoms with Crippen LogP contribution >= 0.6 is 0 Å². The van der Waals surface area contributed by atoms with Crippen LogP contribution < -0.4 is 17.2 Å². The first-order valence-corrected chi connectivity index (χ1v) is 19.8. The number of hydrogen-bond acceptors (Lipinski definition) is 10. The third kappa shape index (κ3) is 11.4. The SMILES string of the molecule is NC1(N)C=CC(C=Cc2ccccc2)C(S(=O)(=O)O)(S(=O)(=O)O)C1.Nc1cccc(C=Cc2ccccc2)c1S(=O)(=O)O.O=[As](O)O. The van der Waals surface area contributed by atoms with E-state index in [1.807, 2.05) is 30.3 Å². The van der Waals surface area contributed by atoms with Gasteiger partial charge in [-0.15, -0.1) is 0 Å². The quantitative estimate of drug-likeness (QED) is 0.0421. The van der Waals surface area contributed by atoms with E-state index in [2.05, 4.69) is 0 Å². The second-order valence-corrected chi connectivity index (χ2v) is 16.0. The van der Waals surface area contributed by atoms with E-state index >= 15 is 0 Å². The van der Waals surface area contributed by atoms with Gasteiger partial charge in [-0.1, -0.05) is 109 Å². The van der Waals surface area contributed by atoms with Crippen molar-refractivity contribution in [2.45, 2.75) is 21.1 Å². The van der Waals surface area contributed by atoms with E-state index in [0.29, 0.717) is 11.1 Å². The van der Waals surface area contributed by atoms with Gasteiger partial charge in [-0.05, 0) is 22.8 Å². The summed E-state index contributed by atoms with van der Waals surface area (Å²) in [6, 6.07) is 22.7. The molecule has 1 aliphatic carbocycles.